The highest BCUT2D eigenvalue weighted by atomic mass is 32.2. The van der Waals surface area contributed by atoms with E-state index in [1.54, 1.807) is 0 Å². The molecule has 5 nitrogen and oxygen atoms in total. The van der Waals surface area contributed by atoms with Crippen LogP contribution in [-0.4, -0.2) is 39.4 Å². The van der Waals surface area contributed by atoms with Crippen LogP contribution < -0.4 is 0 Å². The number of likely N-dealkylation sites (N-methyl/N-ethyl adjacent to an activating group) is 1. The molecule has 0 saturated heterocycles. The molecule has 20 heavy (non-hydrogen) atoms. The molecule has 0 amide bonds. The summed E-state index contributed by atoms with van der Waals surface area (Å²) >= 11 is 0. The van der Waals surface area contributed by atoms with E-state index < -0.39 is 16.0 Å². The lowest BCUT2D eigenvalue weighted by Gasteiger charge is -2.17. The molecule has 0 bridgehead atoms. The van der Waals surface area contributed by atoms with E-state index >= 15 is 0 Å². The summed E-state index contributed by atoms with van der Waals surface area (Å²) in [4.78, 5) is 11.5. The first-order valence-corrected chi connectivity index (χ1v) is 7.24. The van der Waals surface area contributed by atoms with E-state index in [1.807, 2.05) is 0 Å². The normalized spacial score (nSPS) is 11.2. The zero-order valence-corrected chi connectivity index (χ0v) is 12.3. The molecule has 0 aliphatic heterocycles. The molecule has 0 spiro atoms. The van der Waals surface area contributed by atoms with Gasteiger partial charge in [-0.15, -0.1) is 6.58 Å². The van der Waals surface area contributed by atoms with Crippen molar-refractivity contribution >= 4 is 22.1 Å². The first kappa shape index (κ1) is 16.1. The molecule has 0 radical (unpaired) electrons. The highest BCUT2D eigenvalue weighted by Gasteiger charge is 2.23. The standard InChI is InChI=1S/C14H17NO4S/c1-5-9-15(3)20(17,18)13-10-12(14(16)19-4)8-7-11(13)6-2/h5-8,10H,1-2,9H2,3-4H3. The van der Waals surface area contributed by atoms with Gasteiger partial charge >= 0.3 is 5.97 Å². The van der Waals surface area contributed by atoms with Gasteiger partial charge in [0.2, 0.25) is 10.0 Å². The Morgan fingerprint density at radius 3 is 2.55 bits per heavy atom. The number of carbonyl (C=O) groups is 1. The zero-order valence-electron chi connectivity index (χ0n) is 11.5. The Hall–Kier alpha value is -1.92. The van der Waals surface area contributed by atoms with E-state index in [0.717, 1.165) is 4.31 Å². The molecule has 0 N–H and O–H groups in total. The highest BCUT2D eigenvalue weighted by Crippen LogP contribution is 2.22. The van der Waals surface area contributed by atoms with E-state index in [1.165, 1.54) is 44.5 Å². The van der Waals surface area contributed by atoms with Gasteiger partial charge in [-0.2, -0.15) is 4.31 Å². The maximum atomic E-state index is 12.4. The van der Waals surface area contributed by atoms with Crippen molar-refractivity contribution in [2.24, 2.45) is 0 Å². The van der Waals surface area contributed by atoms with Gasteiger partial charge in [0.05, 0.1) is 17.6 Å². The molecule has 108 valence electrons. The molecular weight excluding hydrogens is 278 g/mol. The third kappa shape index (κ3) is 3.15. The third-order valence-corrected chi connectivity index (χ3v) is 4.61. The molecule has 0 atom stereocenters. The number of rotatable bonds is 6. The fourth-order valence-electron chi connectivity index (χ4n) is 1.62. The largest absolute Gasteiger partial charge is 0.465 e. The minimum atomic E-state index is -3.73. The van der Waals surface area contributed by atoms with Crippen LogP contribution in [0.15, 0.2) is 42.3 Å². The second-order valence-corrected chi connectivity index (χ2v) is 6.04. The van der Waals surface area contributed by atoms with Crippen LogP contribution in [-0.2, 0) is 14.8 Å². The summed E-state index contributed by atoms with van der Waals surface area (Å²) in [5.74, 6) is -0.594. The van der Waals surface area contributed by atoms with Gasteiger partial charge in [0.25, 0.3) is 0 Å². The van der Waals surface area contributed by atoms with Crippen LogP contribution in [0.1, 0.15) is 15.9 Å². The number of methoxy groups -OCH3 is 1. The average Bonchev–Trinajstić information content (AvgIpc) is 2.45. The van der Waals surface area contributed by atoms with Gasteiger partial charge < -0.3 is 4.74 Å². The van der Waals surface area contributed by atoms with Crippen LogP contribution >= 0.6 is 0 Å². The van der Waals surface area contributed by atoms with E-state index in [0.29, 0.717) is 5.56 Å². The number of hydrogen-bond donors (Lipinski definition) is 0. The van der Waals surface area contributed by atoms with E-state index in [4.69, 9.17) is 0 Å². The Morgan fingerprint density at radius 2 is 2.05 bits per heavy atom. The molecule has 1 aromatic rings. The number of hydrogen-bond acceptors (Lipinski definition) is 4. The van der Waals surface area contributed by atoms with Crippen molar-refractivity contribution < 1.29 is 17.9 Å². The number of carbonyl (C=O) groups excluding carboxylic acids is 1. The second kappa shape index (κ2) is 6.49. The molecule has 0 saturated carbocycles. The van der Waals surface area contributed by atoms with Gasteiger partial charge in [0, 0.05) is 13.6 Å². The monoisotopic (exact) mass is 295 g/mol. The first-order valence-electron chi connectivity index (χ1n) is 5.80. The molecule has 6 heteroatoms. The van der Waals surface area contributed by atoms with Gasteiger partial charge in [0.1, 0.15) is 0 Å². The maximum absolute atomic E-state index is 12.4. The molecule has 0 unspecified atom stereocenters. The zero-order chi connectivity index (χ0) is 15.3. The third-order valence-electron chi connectivity index (χ3n) is 2.73. The quantitative estimate of drug-likeness (QED) is 0.594. The fraction of sp³-hybridized carbons (Fsp3) is 0.214. The SMILES string of the molecule is C=CCN(C)S(=O)(=O)c1cc(C(=O)OC)ccc1C=C. The average molecular weight is 295 g/mol. The summed E-state index contributed by atoms with van der Waals surface area (Å²) in [6.07, 6.45) is 2.91. The summed E-state index contributed by atoms with van der Waals surface area (Å²) in [5, 5.41) is 0. The van der Waals surface area contributed by atoms with Crippen molar-refractivity contribution in [1.29, 1.82) is 0 Å². The van der Waals surface area contributed by atoms with Gasteiger partial charge in [-0.25, -0.2) is 13.2 Å². The number of nitrogens with zero attached hydrogens (tertiary/aromatic N) is 1. The Kier molecular flexibility index (Phi) is 5.24. The minimum Gasteiger partial charge on any atom is -0.465 e. The predicted octanol–water partition coefficient (Wildman–Crippen LogP) is 1.92. The molecule has 0 fully saturated rings. The lowest BCUT2D eigenvalue weighted by atomic mass is 10.1. The summed E-state index contributed by atoms with van der Waals surface area (Å²) in [7, 11) is -1.05. The Balaban J connectivity index is 3.44. The van der Waals surface area contributed by atoms with Gasteiger partial charge in [-0.1, -0.05) is 24.8 Å². The molecule has 0 aliphatic rings. The Morgan fingerprint density at radius 1 is 1.40 bits per heavy atom. The maximum Gasteiger partial charge on any atom is 0.337 e. The number of benzene rings is 1. The topological polar surface area (TPSA) is 63.7 Å². The highest BCUT2D eigenvalue weighted by molar-refractivity contribution is 7.89. The first-order chi connectivity index (χ1) is 9.38. The van der Waals surface area contributed by atoms with Gasteiger partial charge in [0.15, 0.2) is 0 Å². The van der Waals surface area contributed by atoms with Crippen molar-refractivity contribution in [1.82, 2.24) is 4.31 Å². The summed E-state index contributed by atoms with van der Waals surface area (Å²) in [6.45, 7) is 7.26. The molecule has 0 heterocycles. The molecule has 1 rings (SSSR count). The minimum absolute atomic E-state index is 0.0137. The van der Waals surface area contributed by atoms with Crippen LogP contribution in [0, 0.1) is 0 Å². The fourth-order valence-corrected chi connectivity index (χ4v) is 2.98. The van der Waals surface area contributed by atoms with Crippen LogP contribution in [0.2, 0.25) is 0 Å². The molecule has 0 aromatic heterocycles. The number of esters is 1. The Labute approximate surface area is 119 Å². The van der Waals surface area contributed by atoms with Crippen LogP contribution in [0.25, 0.3) is 6.08 Å². The van der Waals surface area contributed by atoms with Crippen LogP contribution in [0.4, 0.5) is 0 Å². The second-order valence-electron chi connectivity index (χ2n) is 4.02. The number of ether oxygens (including phenoxy) is 1. The molecule has 1 aromatic carbocycles. The summed E-state index contributed by atoms with van der Waals surface area (Å²) < 4.78 is 30.6. The lowest BCUT2D eigenvalue weighted by Crippen LogP contribution is -2.27. The van der Waals surface area contributed by atoms with Crippen LogP contribution in [0.5, 0.6) is 0 Å². The Bertz CT molecular complexity index is 635. The van der Waals surface area contributed by atoms with Crippen molar-refractivity contribution in [3.63, 3.8) is 0 Å². The van der Waals surface area contributed by atoms with Gasteiger partial charge in [-0.05, 0) is 17.7 Å². The molecule has 0 aliphatic carbocycles. The van der Waals surface area contributed by atoms with Crippen molar-refractivity contribution in [2.45, 2.75) is 4.90 Å². The van der Waals surface area contributed by atoms with Crippen molar-refractivity contribution in [2.75, 3.05) is 20.7 Å². The van der Waals surface area contributed by atoms with Crippen LogP contribution in [0.3, 0.4) is 0 Å². The predicted molar refractivity (Wildman–Crippen MR) is 77.9 cm³/mol. The van der Waals surface area contributed by atoms with Crippen molar-refractivity contribution in [3.8, 4) is 0 Å². The van der Waals surface area contributed by atoms with Gasteiger partial charge in [-0.3, -0.25) is 0 Å². The molecular formula is C14H17NO4S. The number of sulfonamides is 1. The van der Waals surface area contributed by atoms with E-state index in [9.17, 15) is 13.2 Å². The summed E-state index contributed by atoms with van der Waals surface area (Å²) in [5.41, 5.74) is 0.595. The summed E-state index contributed by atoms with van der Waals surface area (Å²) in [6, 6.07) is 4.31. The smallest absolute Gasteiger partial charge is 0.337 e. The lowest BCUT2D eigenvalue weighted by molar-refractivity contribution is 0.0600. The van der Waals surface area contributed by atoms with E-state index in [-0.39, 0.29) is 17.0 Å². The van der Waals surface area contributed by atoms with E-state index in [2.05, 4.69) is 17.9 Å². The van der Waals surface area contributed by atoms with Crippen molar-refractivity contribution in [3.05, 3.63) is 48.6 Å².